The molecule has 28 heavy (non-hydrogen) atoms. The first kappa shape index (κ1) is 20.0. The van der Waals surface area contributed by atoms with Crippen LogP contribution < -0.4 is 25.4 Å². The summed E-state index contributed by atoms with van der Waals surface area (Å²) in [6, 6.07) is 9.72. The molecule has 0 atom stereocenters. The van der Waals surface area contributed by atoms with Crippen molar-refractivity contribution >= 4 is 23.2 Å². The van der Waals surface area contributed by atoms with Gasteiger partial charge in [0.1, 0.15) is 0 Å². The van der Waals surface area contributed by atoms with Crippen LogP contribution in [0.2, 0.25) is 0 Å². The lowest BCUT2D eigenvalue weighted by Crippen LogP contribution is -2.38. The van der Waals surface area contributed by atoms with E-state index in [-0.39, 0.29) is 5.91 Å². The smallest absolute Gasteiger partial charge is 0.261 e. The number of benzene rings is 1. The lowest BCUT2D eigenvalue weighted by Gasteiger charge is -2.11. The van der Waals surface area contributed by atoms with Crippen LogP contribution >= 0.6 is 11.3 Å². The molecule has 0 saturated carbocycles. The molecule has 0 radical (unpaired) electrons. The maximum Gasteiger partial charge on any atom is 0.261 e. The van der Waals surface area contributed by atoms with Crippen LogP contribution in [0.5, 0.6) is 11.5 Å². The standard InChI is InChI=1S/C20H26N4O3S/c1-2-21-20(23-10-4-9-22-19(25)18-5-3-12-28-18)24-11-8-15-6-7-16-17(13-15)27-14-26-16/h3,5-7,12-13H,2,4,8-11,14H2,1H3,(H,22,25)(H2,21,23,24). The van der Waals surface area contributed by atoms with Crippen molar-refractivity contribution in [3.63, 3.8) is 0 Å². The molecule has 0 aliphatic carbocycles. The lowest BCUT2D eigenvalue weighted by molar-refractivity contribution is 0.0957. The van der Waals surface area contributed by atoms with Gasteiger partial charge in [-0.25, -0.2) is 0 Å². The van der Waals surface area contributed by atoms with Gasteiger partial charge in [-0.05, 0) is 48.9 Å². The van der Waals surface area contributed by atoms with Crippen LogP contribution in [0, 0.1) is 0 Å². The summed E-state index contributed by atoms with van der Waals surface area (Å²) in [6.07, 6.45) is 1.65. The molecule has 2 heterocycles. The lowest BCUT2D eigenvalue weighted by atomic mass is 10.1. The molecule has 1 aromatic carbocycles. The van der Waals surface area contributed by atoms with Crippen LogP contribution in [0.3, 0.4) is 0 Å². The van der Waals surface area contributed by atoms with Crippen LogP contribution in [0.25, 0.3) is 0 Å². The van der Waals surface area contributed by atoms with Crippen LogP contribution in [-0.2, 0) is 6.42 Å². The first-order chi connectivity index (χ1) is 13.8. The Balaban J connectivity index is 1.37. The van der Waals surface area contributed by atoms with Gasteiger partial charge in [-0.3, -0.25) is 9.79 Å². The molecule has 0 bridgehead atoms. The average molecular weight is 403 g/mol. The van der Waals surface area contributed by atoms with Gasteiger partial charge < -0.3 is 25.4 Å². The number of ether oxygens (including phenoxy) is 2. The molecule has 3 rings (SSSR count). The Morgan fingerprint density at radius 3 is 2.86 bits per heavy atom. The Morgan fingerprint density at radius 1 is 1.14 bits per heavy atom. The Morgan fingerprint density at radius 2 is 2.04 bits per heavy atom. The zero-order valence-electron chi connectivity index (χ0n) is 16.0. The highest BCUT2D eigenvalue weighted by Gasteiger charge is 2.13. The Bertz CT molecular complexity index is 793. The summed E-state index contributed by atoms with van der Waals surface area (Å²) >= 11 is 1.45. The molecule has 0 unspecified atom stereocenters. The molecule has 0 spiro atoms. The van der Waals surface area contributed by atoms with Gasteiger partial charge in [0, 0.05) is 26.2 Å². The van der Waals surface area contributed by atoms with Crippen molar-refractivity contribution in [3.8, 4) is 11.5 Å². The van der Waals surface area contributed by atoms with E-state index in [0.717, 1.165) is 48.3 Å². The van der Waals surface area contributed by atoms with Crippen LogP contribution in [0.15, 0.2) is 40.7 Å². The van der Waals surface area contributed by atoms with Crippen molar-refractivity contribution in [2.24, 2.45) is 4.99 Å². The summed E-state index contributed by atoms with van der Waals surface area (Å²) in [5.74, 6) is 2.38. The maximum absolute atomic E-state index is 11.9. The molecule has 7 nitrogen and oxygen atoms in total. The zero-order valence-corrected chi connectivity index (χ0v) is 16.8. The van der Waals surface area contributed by atoms with Gasteiger partial charge in [-0.2, -0.15) is 0 Å². The fourth-order valence-corrected chi connectivity index (χ4v) is 3.37. The number of hydrogen-bond donors (Lipinski definition) is 3. The van der Waals surface area contributed by atoms with Gasteiger partial charge in [0.2, 0.25) is 6.79 Å². The zero-order chi connectivity index (χ0) is 19.6. The predicted molar refractivity (Wildman–Crippen MR) is 112 cm³/mol. The van der Waals surface area contributed by atoms with Crippen molar-refractivity contribution in [1.82, 2.24) is 16.0 Å². The summed E-state index contributed by atoms with van der Waals surface area (Å²) in [6.45, 7) is 5.14. The van der Waals surface area contributed by atoms with Gasteiger partial charge in [0.15, 0.2) is 17.5 Å². The van der Waals surface area contributed by atoms with Gasteiger partial charge >= 0.3 is 0 Å². The molecular weight excluding hydrogens is 376 g/mol. The number of nitrogens with one attached hydrogen (secondary N) is 3. The van der Waals surface area contributed by atoms with E-state index in [9.17, 15) is 4.79 Å². The summed E-state index contributed by atoms with van der Waals surface area (Å²) in [5.41, 5.74) is 1.18. The Hall–Kier alpha value is -2.74. The minimum Gasteiger partial charge on any atom is -0.454 e. The van der Waals surface area contributed by atoms with Crippen molar-refractivity contribution in [3.05, 3.63) is 46.2 Å². The second-order valence-electron chi connectivity index (χ2n) is 6.21. The van der Waals surface area contributed by atoms with Gasteiger partial charge in [-0.1, -0.05) is 12.1 Å². The molecule has 0 saturated heterocycles. The number of rotatable bonds is 9. The summed E-state index contributed by atoms with van der Waals surface area (Å²) in [4.78, 5) is 17.2. The van der Waals surface area contributed by atoms with Crippen LogP contribution in [0.1, 0.15) is 28.6 Å². The number of guanidine groups is 1. The molecule has 1 aromatic heterocycles. The monoisotopic (exact) mass is 402 g/mol. The summed E-state index contributed by atoms with van der Waals surface area (Å²) in [5, 5.41) is 11.4. The van der Waals surface area contributed by atoms with E-state index in [0.29, 0.717) is 19.9 Å². The Labute approximate surface area is 169 Å². The van der Waals surface area contributed by atoms with Crippen molar-refractivity contribution < 1.29 is 14.3 Å². The first-order valence-corrected chi connectivity index (χ1v) is 10.4. The second-order valence-corrected chi connectivity index (χ2v) is 7.16. The number of fused-ring (bicyclic) bond motifs is 1. The third-order valence-electron chi connectivity index (χ3n) is 4.12. The number of thiophene rings is 1. The molecule has 0 fully saturated rings. The van der Waals surface area contributed by atoms with E-state index in [1.807, 2.05) is 36.6 Å². The van der Waals surface area contributed by atoms with E-state index in [4.69, 9.17) is 9.47 Å². The largest absolute Gasteiger partial charge is 0.454 e. The minimum atomic E-state index is -0.0206. The summed E-state index contributed by atoms with van der Waals surface area (Å²) < 4.78 is 10.7. The molecule has 1 aliphatic heterocycles. The molecule has 3 N–H and O–H groups in total. The fourth-order valence-electron chi connectivity index (χ4n) is 2.73. The topological polar surface area (TPSA) is 84.0 Å². The van der Waals surface area contributed by atoms with Gasteiger partial charge in [-0.15, -0.1) is 11.3 Å². The SMILES string of the molecule is CCNC(=NCCCNC(=O)c1cccs1)NCCc1ccc2c(c1)OCO2. The average Bonchev–Trinajstić information content (AvgIpc) is 3.39. The van der Waals surface area contributed by atoms with E-state index in [1.54, 1.807) is 0 Å². The quantitative estimate of drug-likeness (QED) is 0.341. The van der Waals surface area contributed by atoms with Gasteiger partial charge in [0.05, 0.1) is 4.88 Å². The first-order valence-electron chi connectivity index (χ1n) is 9.48. The van der Waals surface area contributed by atoms with Crippen molar-refractivity contribution in [1.29, 1.82) is 0 Å². The molecule has 1 amide bonds. The van der Waals surface area contributed by atoms with E-state index in [2.05, 4.69) is 27.0 Å². The third-order valence-corrected chi connectivity index (χ3v) is 4.99. The Kier molecular flexibility index (Phi) is 7.54. The second kappa shape index (κ2) is 10.6. The molecule has 8 heteroatoms. The predicted octanol–water partition coefficient (Wildman–Crippen LogP) is 2.39. The molecular formula is C20H26N4O3S. The number of amides is 1. The summed E-state index contributed by atoms with van der Waals surface area (Å²) in [7, 11) is 0. The van der Waals surface area contributed by atoms with E-state index in [1.165, 1.54) is 16.9 Å². The van der Waals surface area contributed by atoms with Crippen LogP contribution in [-0.4, -0.2) is 44.8 Å². The maximum atomic E-state index is 11.9. The van der Waals surface area contributed by atoms with Crippen molar-refractivity contribution in [2.75, 3.05) is 33.0 Å². The number of carbonyl (C=O) groups excluding carboxylic acids is 1. The van der Waals surface area contributed by atoms with Crippen molar-refractivity contribution in [2.45, 2.75) is 19.8 Å². The number of aliphatic imine (C=N–C) groups is 1. The fraction of sp³-hybridized carbons (Fsp3) is 0.400. The highest BCUT2D eigenvalue weighted by molar-refractivity contribution is 7.12. The molecule has 2 aromatic rings. The number of carbonyl (C=O) groups is 1. The third kappa shape index (κ3) is 5.88. The van der Waals surface area contributed by atoms with Crippen LogP contribution in [0.4, 0.5) is 0 Å². The van der Waals surface area contributed by atoms with E-state index < -0.39 is 0 Å². The number of hydrogen-bond acceptors (Lipinski definition) is 5. The van der Waals surface area contributed by atoms with Gasteiger partial charge in [0.25, 0.3) is 5.91 Å². The highest BCUT2D eigenvalue weighted by Crippen LogP contribution is 2.32. The molecule has 150 valence electrons. The minimum absolute atomic E-state index is 0.0206. The highest BCUT2D eigenvalue weighted by atomic mass is 32.1. The van der Waals surface area contributed by atoms with E-state index >= 15 is 0 Å². The normalized spacial score (nSPS) is 12.7. The molecule has 1 aliphatic rings. The number of nitrogens with zero attached hydrogens (tertiary/aromatic N) is 1.